The number of imidazole rings is 1. The molecule has 0 aliphatic carbocycles. The van der Waals surface area contributed by atoms with Crippen molar-refractivity contribution in [2.24, 2.45) is 0 Å². The molecule has 0 aliphatic rings. The van der Waals surface area contributed by atoms with Crippen molar-refractivity contribution in [3.05, 3.63) is 58.6 Å². The first kappa shape index (κ1) is 13.4. The van der Waals surface area contributed by atoms with Gasteiger partial charge >= 0.3 is 0 Å². The highest BCUT2D eigenvalue weighted by Crippen LogP contribution is 2.25. The van der Waals surface area contributed by atoms with Crippen molar-refractivity contribution in [3.63, 3.8) is 0 Å². The van der Waals surface area contributed by atoms with Gasteiger partial charge in [0, 0.05) is 18.9 Å². The molecule has 20 heavy (non-hydrogen) atoms. The number of nitrogens with zero attached hydrogens (tertiary/aromatic N) is 3. The van der Waals surface area contributed by atoms with Gasteiger partial charge in [-0.05, 0) is 36.2 Å². The lowest BCUT2D eigenvalue weighted by Crippen LogP contribution is -2.05. The van der Waals surface area contributed by atoms with Crippen LogP contribution >= 0.6 is 23.2 Å². The Balaban J connectivity index is 2.15. The standard InChI is InChI=1S/C15H13Cl2N3/c1-10-8-18-6-5-11(10)9-20-13-4-2-3-12(17)15(13)19-14(20)7-16/h2-6,8H,7,9H2,1H3. The van der Waals surface area contributed by atoms with E-state index in [0.29, 0.717) is 17.4 Å². The molecule has 0 amide bonds. The van der Waals surface area contributed by atoms with Crippen LogP contribution in [0.3, 0.4) is 0 Å². The second kappa shape index (κ2) is 5.43. The van der Waals surface area contributed by atoms with Crippen LogP contribution in [0.4, 0.5) is 0 Å². The van der Waals surface area contributed by atoms with Crippen LogP contribution in [0.5, 0.6) is 0 Å². The van der Waals surface area contributed by atoms with E-state index in [2.05, 4.69) is 21.5 Å². The molecule has 3 rings (SSSR count). The Morgan fingerprint density at radius 1 is 1.25 bits per heavy atom. The van der Waals surface area contributed by atoms with Crippen LogP contribution in [0.2, 0.25) is 5.02 Å². The van der Waals surface area contributed by atoms with E-state index in [1.54, 1.807) is 6.20 Å². The van der Waals surface area contributed by atoms with Gasteiger partial charge in [-0.25, -0.2) is 4.98 Å². The molecule has 5 heteroatoms. The lowest BCUT2D eigenvalue weighted by Gasteiger charge is -2.10. The van der Waals surface area contributed by atoms with Crippen LogP contribution in [0.15, 0.2) is 36.7 Å². The topological polar surface area (TPSA) is 30.7 Å². The molecule has 0 atom stereocenters. The quantitative estimate of drug-likeness (QED) is 0.680. The molecule has 0 fully saturated rings. The van der Waals surface area contributed by atoms with Crippen LogP contribution in [0, 0.1) is 6.92 Å². The molecule has 0 bridgehead atoms. The third-order valence-electron chi connectivity index (χ3n) is 3.39. The Labute approximate surface area is 127 Å². The van der Waals surface area contributed by atoms with E-state index >= 15 is 0 Å². The molecule has 0 N–H and O–H groups in total. The molecule has 0 aliphatic heterocycles. The summed E-state index contributed by atoms with van der Waals surface area (Å²) >= 11 is 12.2. The van der Waals surface area contributed by atoms with E-state index in [4.69, 9.17) is 23.2 Å². The van der Waals surface area contributed by atoms with E-state index in [-0.39, 0.29) is 0 Å². The highest BCUT2D eigenvalue weighted by Gasteiger charge is 2.13. The Kier molecular flexibility index (Phi) is 3.64. The number of aryl methyl sites for hydroxylation is 1. The predicted octanol–water partition coefficient (Wildman–Crippen LogP) is 4.18. The highest BCUT2D eigenvalue weighted by molar-refractivity contribution is 6.35. The molecule has 0 radical (unpaired) electrons. The van der Waals surface area contributed by atoms with Crippen LogP contribution in [0.25, 0.3) is 11.0 Å². The Morgan fingerprint density at radius 2 is 2.10 bits per heavy atom. The van der Waals surface area contributed by atoms with Gasteiger partial charge in [0.15, 0.2) is 0 Å². The van der Waals surface area contributed by atoms with Gasteiger partial charge in [-0.2, -0.15) is 0 Å². The predicted molar refractivity (Wildman–Crippen MR) is 82.4 cm³/mol. The van der Waals surface area contributed by atoms with Crippen LogP contribution < -0.4 is 0 Å². The molecule has 0 saturated heterocycles. The number of para-hydroxylation sites is 1. The van der Waals surface area contributed by atoms with Gasteiger partial charge in [0.25, 0.3) is 0 Å². The number of benzene rings is 1. The van der Waals surface area contributed by atoms with Crippen LogP contribution in [-0.4, -0.2) is 14.5 Å². The number of alkyl halides is 1. The monoisotopic (exact) mass is 305 g/mol. The van der Waals surface area contributed by atoms with Crippen molar-refractivity contribution < 1.29 is 0 Å². The zero-order valence-corrected chi connectivity index (χ0v) is 12.5. The maximum Gasteiger partial charge on any atom is 0.125 e. The van der Waals surface area contributed by atoms with Gasteiger partial charge in [-0.1, -0.05) is 17.7 Å². The molecule has 102 valence electrons. The van der Waals surface area contributed by atoms with Crippen molar-refractivity contribution in [1.82, 2.24) is 14.5 Å². The molecule has 2 heterocycles. The summed E-state index contributed by atoms with van der Waals surface area (Å²) < 4.78 is 2.11. The smallest absolute Gasteiger partial charge is 0.125 e. The molecule has 0 saturated carbocycles. The fourth-order valence-corrected chi connectivity index (χ4v) is 2.71. The number of hydrogen-bond acceptors (Lipinski definition) is 2. The fraction of sp³-hybridized carbons (Fsp3) is 0.200. The summed E-state index contributed by atoms with van der Waals surface area (Å²) in [6.07, 6.45) is 3.66. The first-order valence-electron chi connectivity index (χ1n) is 6.30. The summed E-state index contributed by atoms with van der Waals surface area (Å²) in [7, 11) is 0. The molecular weight excluding hydrogens is 293 g/mol. The third kappa shape index (κ3) is 2.28. The number of hydrogen-bond donors (Lipinski definition) is 0. The average Bonchev–Trinajstić information content (AvgIpc) is 2.81. The third-order valence-corrected chi connectivity index (χ3v) is 3.94. The van der Waals surface area contributed by atoms with E-state index in [1.807, 2.05) is 30.5 Å². The fourth-order valence-electron chi connectivity index (χ4n) is 2.29. The molecule has 1 aromatic carbocycles. The number of halogens is 2. The Hall–Kier alpha value is -1.58. The second-order valence-electron chi connectivity index (χ2n) is 4.66. The first-order valence-corrected chi connectivity index (χ1v) is 7.21. The minimum Gasteiger partial charge on any atom is -0.322 e. The first-order chi connectivity index (χ1) is 9.70. The summed E-state index contributed by atoms with van der Waals surface area (Å²) in [6.45, 7) is 2.77. The van der Waals surface area contributed by atoms with Gasteiger partial charge in [-0.3, -0.25) is 4.98 Å². The zero-order chi connectivity index (χ0) is 14.1. The number of rotatable bonds is 3. The highest BCUT2D eigenvalue weighted by atomic mass is 35.5. The zero-order valence-electron chi connectivity index (χ0n) is 11.0. The van der Waals surface area contributed by atoms with Gasteiger partial charge < -0.3 is 4.57 Å². The summed E-state index contributed by atoms with van der Waals surface area (Å²) in [5.74, 6) is 1.18. The van der Waals surface area contributed by atoms with Crippen molar-refractivity contribution >= 4 is 34.2 Å². The molecule has 2 aromatic heterocycles. The average molecular weight is 306 g/mol. The molecule has 0 spiro atoms. The lowest BCUT2D eigenvalue weighted by atomic mass is 10.1. The van der Waals surface area contributed by atoms with E-state index < -0.39 is 0 Å². The number of fused-ring (bicyclic) bond motifs is 1. The van der Waals surface area contributed by atoms with Crippen molar-refractivity contribution in [3.8, 4) is 0 Å². The largest absolute Gasteiger partial charge is 0.322 e. The van der Waals surface area contributed by atoms with Gasteiger partial charge in [0.05, 0.1) is 16.4 Å². The van der Waals surface area contributed by atoms with Crippen LogP contribution in [0.1, 0.15) is 17.0 Å². The van der Waals surface area contributed by atoms with E-state index in [1.165, 1.54) is 5.56 Å². The maximum atomic E-state index is 6.20. The summed E-state index contributed by atoms with van der Waals surface area (Å²) in [5, 5.41) is 0.652. The summed E-state index contributed by atoms with van der Waals surface area (Å²) in [4.78, 5) is 8.66. The van der Waals surface area contributed by atoms with Gasteiger partial charge in [0.2, 0.25) is 0 Å². The lowest BCUT2D eigenvalue weighted by molar-refractivity contribution is 0.772. The number of pyridine rings is 1. The Morgan fingerprint density at radius 3 is 2.85 bits per heavy atom. The van der Waals surface area contributed by atoms with Crippen LogP contribution in [-0.2, 0) is 12.4 Å². The minimum absolute atomic E-state index is 0.356. The van der Waals surface area contributed by atoms with Crippen molar-refractivity contribution in [2.45, 2.75) is 19.3 Å². The summed E-state index contributed by atoms with van der Waals surface area (Å²) in [6, 6.07) is 7.81. The minimum atomic E-state index is 0.356. The molecule has 3 aromatic rings. The maximum absolute atomic E-state index is 6.20. The summed E-state index contributed by atoms with van der Waals surface area (Å²) in [5.41, 5.74) is 4.16. The SMILES string of the molecule is Cc1cnccc1Cn1c(CCl)nc2c(Cl)cccc21. The molecule has 0 unspecified atom stereocenters. The Bertz CT molecular complexity index is 765. The van der Waals surface area contributed by atoms with E-state index in [0.717, 1.165) is 22.4 Å². The molecular formula is C15H13Cl2N3. The second-order valence-corrected chi connectivity index (χ2v) is 5.33. The van der Waals surface area contributed by atoms with Gasteiger partial charge in [0.1, 0.15) is 11.3 Å². The van der Waals surface area contributed by atoms with Crippen molar-refractivity contribution in [2.75, 3.05) is 0 Å². The van der Waals surface area contributed by atoms with E-state index in [9.17, 15) is 0 Å². The molecule has 3 nitrogen and oxygen atoms in total. The number of aromatic nitrogens is 3. The normalized spacial score (nSPS) is 11.2. The van der Waals surface area contributed by atoms with Gasteiger partial charge in [-0.15, -0.1) is 11.6 Å². The van der Waals surface area contributed by atoms with Crippen molar-refractivity contribution in [1.29, 1.82) is 0 Å².